The van der Waals surface area contributed by atoms with Crippen LogP contribution in [0, 0.1) is 25.0 Å². The fourth-order valence-corrected chi connectivity index (χ4v) is 2.13. The summed E-state index contributed by atoms with van der Waals surface area (Å²) in [6, 6.07) is 14.6. The number of hydrogen-bond acceptors (Lipinski definition) is 4. The number of nitro benzene ring substituents is 1. The highest BCUT2D eigenvalue weighted by Gasteiger charge is 2.11. The minimum atomic E-state index is -0.569. The fraction of sp³-hybridized carbons (Fsp3) is 0. The number of rotatable bonds is 4. The van der Waals surface area contributed by atoms with E-state index in [0.717, 1.165) is 3.57 Å². The molecule has 0 aliphatic carbocycles. The lowest BCUT2D eigenvalue weighted by molar-refractivity contribution is -0.384. The van der Waals surface area contributed by atoms with Gasteiger partial charge < -0.3 is 5.32 Å². The molecular formula is C16H10IN3O3. The Kier molecular flexibility index (Phi) is 5.43. The average Bonchev–Trinajstić information content (AvgIpc) is 2.55. The van der Waals surface area contributed by atoms with E-state index >= 15 is 0 Å². The molecule has 0 saturated carbocycles. The van der Waals surface area contributed by atoms with Gasteiger partial charge in [-0.3, -0.25) is 14.9 Å². The molecule has 0 saturated heterocycles. The van der Waals surface area contributed by atoms with Crippen molar-refractivity contribution in [1.82, 2.24) is 0 Å². The van der Waals surface area contributed by atoms with Crippen LogP contribution in [0.1, 0.15) is 5.56 Å². The molecule has 0 aliphatic heterocycles. The van der Waals surface area contributed by atoms with Crippen LogP contribution in [0.25, 0.3) is 6.08 Å². The van der Waals surface area contributed by atoms with Gasteiger partial charge in [-0.05, 0) is 58.5 Å². The third-order valence-electron chi connectivity index (χ3n) is 2.86. The van der Waals surface area contributed by atoms with Crippen LogP contribution in [0.15, 0.2) is 54.1 Å². The summed E-state index contributed by atoms with van der Waals surface area (Å²) in [5.41, 5.74) is 0.738. The molecule has 6 nitrogen and oxygen atoms in total. The minimum absolute atomic E-state index is 0.103. The van der Waals surface area contributed by atoms with Crippen molar-refractivity contribution in [1.29, 1.82) is 5.26 Å². The van der Waals surface area contributed by atoms with Gasteiger partial charge in [0.15, 0.2) is 0 Å². The van der Waals surface area contributed by atoms with E-state index < -0.39 is 10.8 Å². The van der Waals surface area contributed by atoms with Gasteiger partial charge in [-0.1, -0.05) is 12.1 Å². The topological polar surface area (TPSA) is 96.0 Å². The lowest BCUT2D eigenvalue weighted by Gasteiger charge is -2.04. The second-order valence-electron chi connectivity index (χ2n) is 4.48. The third-order valence-corrected chi connectivity index (χ3v) is 3.58. The van der Waals surface area contributed by atoms with Gasteiger partial charge in [-0.15, -0.1) is 0 Å². The van der Waals surface area contributed by atoms with E-state index in [9.17, 15) is 14.9 Å². The molecule has 0 atom stereocenters. The van der Waals surface area contributed by atoms with Gasteiger partial charge in [0.1, 0.15) is 11.6 Å². The van der Waals surface area contributed by atoms with E-state index in [1.165, 1.54) is 24.3 Å². The number of carbonyl (C=O) groups is 1. The highest BCUT2D eigenvalue weighted by Crippen LogP contribution is 2.17. The van der Waals surface area contributed by atoms with Crippen molar-refractivity contribution in [3.05, 3.63) is 73.4 Å². The Morgan fingerprint density at radius 3 is 2.57 bits per heavy atom. The number of nitrogens with one attached hydrogen (secondary N) is 1. The van der Waals surface area contributed by atoms with Crippen LogP contribution in [-0.4, -0.2) is 10.8 Å². The summed E-state index contributed by atoms with van der Waals surface area (Å²) in [4.78, 5) is 22.3. The number of nitro groups is 1. The molecule has 1 amide bonds. The highest BCUT2D eigenvalue weighted by molar-refractivity contribution is 14.1. The molecule has 0 radical (unpaired) electrons. The molecule has 114 valence electrons. The Bertz CT molecular complexity index is 823. The van der Waals surface area contributed by atoms with Crippen molar-refractivity contribution in [3.63, 3.8) is 0 Å². The normalized spacial score (nSPS) is 10.7. The number of benzene rings is 2. The lowest BCUT2D eigenvalue weighted by Crippen LogP contribution is -2.13. The molecule has 2 rings (SSSR count). The number of halogens is 1. The summed E-state index contributed by atoms with van der Waals surface area (Å²) < 4.78 is 1.02. The molecule has 2 aromatic rings. The Hall–Kier alpha value is -2.73. The van der Waals surface area contributed by atoms with Crippen LogP contribution < -0.4 is 5.32 Å². The van der Waals surface area contributed by atoms with E-state index in [0.29, 0.717) is 11.3 Å². The number of non-ortho nitro benzene ring substituents is 1. The molecule has 0 spiro atoms. The van der Waals surface area contributed by atoms with Crippen LogP contribution in [0.3, 0.4) is 0 Å². The van der Waals surface area contributed by atoms with Gasteiger partial charge in [0.25, 0.3) is 11.6 Å². The summed E-state index contributed by atoms with van der Waals surface area (Å²) in [6.07, 6.45) is 1.31. The first kappa shape index (κ1) is 16.6. The van der Waals surface area contributed by atoms with Crippen molar-refractivity contribution >= 4 is 45.9 Å². The third kappa shape index (κ3) is 4.62. The molecule has 7 heteroatoms. The summed E-state index contributed by atoms with van der Waals surface area (Å²) in [5.74, 6) is -0.569. The number of nitriles is 1. The number of amides is 1. The zero-order valence-electron chi connectivity index (χ0n) is 11.7. The van der Waals surface area contributed by atoms with E-state index in [2.05, 4.69) is 27.9 Å². The standard InChI is InChI=1S/C16H10IN3O3/c17-13-4-6-14(7-5-13)19-16(21)12(10-18)8-11-2-1-3-15(9-11)20(22)23/h1-9H,(H,19,21)/b12-8-. The molecule has 0 unspecified atom stereocenters. The maximum Gasteiger partial charge on any atom is 0.270 e. The van der Waals surface area contributed by atoms with E-state index in [-0.39, 0.29) is 11.3 Å². The van der Waals surface area contributed by atoms with Crippen molar-refractivity contribution < 1.29 is 9.72 Å². The van der Waals surface area contributed by atoms with Crippen molar-refractivity contribution in [2.24, 2.45) is 0 Å². The van der Waals surface area contributed by atoms with Crippen LogP contribution in [0.4, 0.5) is 11.4 Å². The summed E-state index contributed by atoms with van der Waals surface area (Å²) in [7, 11) is 0. The van der Waals surface area contributed by atoms with Crippen LogP contribution >= 0.6 is 22.6 Å². The largest absolute Gasteiger partial charge is 0.321 e. The van der Waals surface area contributed by atoms with Crippen molar-refractivity contribution in [2.75, 3.05) is 5.32 Å². The lowest BCUT2D eigenvalue weighted by atomic mass is 10.1. The summed E-state index contributed by atoms with van der Waals surface area (Å²) in [5, 5.41) is 22.5. The average molecular weight is 419 g/mol. The van der Waals surface area contributed by atoms with Crippen molar-refractivity contribution in [3.8, 4) is 6.07 Å². The molecular weight excluding hydrogens is 409 g/mol. The van der Waals surface area contributed by atoms with Gasteiger partial charge in [-0.25, -0.2) is 0 Å². The molecule has 0 aromatic heterocycles. The molecule has 0 fully saturated rings. The summed E-state index contributed by atoms with van der Waals surface area (Å²) >= 11 is 2.14. The first-order chi connectivity index (χ1) is 11.0. The Morgan fingerprint density at radius 1 is 1.26 bits per heavy atom. The van der Waals surface area contributed by atoms with Gasteiger partial charge in [0.2, 0.25) is 0 Å². The number of anilines is 1. The summed E-state index contributed by atoms with van der Waals surface area (Å²) in [6.45, 7) is 0. The van der Waals surface area contributed by atoms with Gasteiger partial charge in [0, 0.05) is 21.4 Å². The quantitative estimate of drug-likeness (QED) is 0.269. The molecule has 0 aliphatic rings. The molecule has 0 bridgehead atoms. The molecule has 23 heavy (non-hydrogen) atoms. The van der Waals surface area contributed by atoms with Gasteiger partial charge in [0.05, 0.1) is 4.92 Å². The van der Waals surface area contributed by atoms with Crippen LogP contribution in [-0.2, 0) is 4.79 Å². The van der Waals surface area contributed by atoms with E-state index in [1.54, 1.807) is 18.2 Å². The first-order valence-corrected chi connectivity index (χ1v) is 7.50. The molecule has 1 N–H and O–H groups in total. The van der Waals surface area contributed by atoms with E-state index in [1.807, 2.05) is 18.2 Å². The molecule has 0 heterocycles. The first-order valence-electron chi connectivity index (χ1n) is 6.43. The maximum absolute atomic E-state index is 12.1. The van der Waals surface area contributed by atoms with Crippen LogP contribution in [0.2, 0.25) is 0 Å². The van der Waals surface area contributed by atoms with Crippen molar-refractivity contribution in [2.45, 2.75) is 0 Å². The zero-order chi connectivity index (χ0) is 16.8. The van der Waals surface area contributed by atoms with Gasteiger partial charge in [-0.2, -0.15) is 5.26 Å². The number of nitrogens with zero attached hydrogens (tertiary/aromatic N) is 2. The Balaban J connectivity index is 2.23. The second kappa shape index (κ2) is 7.51. The zero-order valence-corrected chi connectivity index (χ0v) is 13.9. The maximum atomic E-state index is 12.1. The predicted octanol–water partition coefficient (Wildman–Crippen LogP) is 3.75. The predicted molar refractivity (Wildman–Crippen MR) is 94.5 cm³/mol. The van der Waals surface area contributed by atoms with Crippen LogP contribution in [0.5, 0.6) is 0 Å². The Morgan fingerprint density at radius 2 is 1.96 bits per heavy atom. The molecule has 2 aromatic carbocycles. The Labute approximate surface area is 145 Å². The number of hydrogen-bond donors (Lipinski definition) is 1. The fourth-order valence-electron chi connectivity index (χ4n) is 1.78. The van der Waals surface area contributed by atoms with E-state index in [4.69, 9.17) is 5.26 Å². The second-order valence-corrected chi connectivity index (χ2v) is 5.73. The van der Waals surface area contributed by atoms with Gasteiger partial charge >= 0.3 is 0 Å². The smallest absolute Gasteiger partial charge is 0.270 e. The monoisotopic (exact) mass is 419 g/mol. The number of carbonyl (C=O) groups excluding carboxylic acids is 1. The minimum Gasteiger partial charge on any atom is -0.321 e. The SMILES string of the molecule is N#C/C(=C/c1cccc([N+](=O)[O-])c1)C(=O)Nc1ccc(I)cc1. The highest BCUT2D eigenvalue weighted by atomic mass is 127.